The van der Waals surface area contributed by atoms with Crippen LogP contribution in [-0.4, -0.2) is 36.3 Å². The summed E-state index contributed by atoms with van der Waals surface area (Å²) in [5.41, 5.74) is 1.39. The first-order valence-corrected chi connectivity index (χ1v) is 9.53. The molecule has 0 aliphatic carbocycles. The summed E-state index contributed by atoms with van der Waals surface area (Å²) >= 11 is 0. The number of hydrogen-bond donors (Lipinski definition) is 2. The molecule has 1 aliphatic rings. The smallest absolute Gasteiger partial charge is 0.406 e. The normalized spacial score (nSPS) is 14.8. The van der Waals surface area contributed by atoms with Crippen molar-refractivity contribution in [3.63, 3.8) is 0 Å². The molecule has 0 saturated carbocycles. The van der Waals surface area contributed by atoms with E-state index in [1.54, 1.807) is 4.90 Å². The predicted molar refractivity (Wildman–Crippen MR) is 105 cm³/mol. The Balaban J connectivity index is 1.41. The lowest BCUT2D eigenvalue weighted by Crippen LogP contribution is -2.45. The second kappa shape index (κ2) is 9.51. The number of ether oxygens (including phenoxy) is 1. The number of likely N-dealkylation sites (tertiary alicyclic amines) is 1. The topological polar surface area (TPSA) is 70.7 Å². The van der Waals surface area contributed by atoms with Crippen molar-refractivity contribution in [1.82, 2.24) is 10.2 Å². The molecule has 30 heavy (non-hydrogen) atoms. The van der Waals surface area contributed by atoms with Crippen LogP contribution < -0.4 is 15.4 Å². The zero-order valence-electron chi connectivity index (χ0n) is 16.1. The van der Waals surface area contributed by atoms with Crippen LogP contribution in [0.25, 0.3) is 0 Å². The highest BCUT2D eigenvalue weighted by Gasteiger charge is 2.31. The van der Waals surface area contributed by atoms with Gasteiger partial charge in [0, 0.05) is 31.2 Å². The Kier molecular flexibility index (Phi) is 6.81. The van der Waals surface area contributed by atoms with E-state index in [9.17, 15) is 22.8 Å². The van der Waals surface area contributed by atoms with Gasteiger partial charge in [-0.25, -0.2) is 4.79 Å². The summed E-state index contributed by atoms with van der Waals surface area (Å²) < 4.78 is 40.4. The maximum atomic E-state index is 12.4. The van der Waals surface area contributed by atoms with Crippen molar-refractivity contribution in [1.29, 1.82) is 0 Å². The highest BCUT2D eigenvalue weighted by atomic mass is 19.4. The minimum atomic E-state index is -4.74. The molecule has 1 fully saturated rings. The monoisotopic (exact) mass is 421 g/mol. The first-order valence-electron chi connectivity index (χ1n) is 9.53. The molecule has 6 nitrogen and oxygen atoms in total. The Hall–Kier alpha value is -3.23. The molecule has 2 aromatic carbocycles. The number of alkyl halides is 3. The summed E-state index contributed by atoms with van der Waals surface area (Å²) in [7, 11) is 0. The third kappa shape index (κ3) is 6.40. The number of nitrogens with zero attached hydrogens (tertiary/aromatic N) is 1. The van der Waals surface area contributed by atoms with Crippen molar-refractivity contribution < 1.29 is 27.5 Å². The fourth-order valence-electron chi connectivity index (χ4n) is 3.21. The number of benzene rings is 2. The summed E-state index contributed by atoms with van der Waals surface area (Å²) in [6, 6.07) is 14.3. The third-order valence-corrected chi connectivity index (χ3v) is 4.79. The Morgan fingerprint density at radius 2 is 1.63 bits per heavy atom. The number of halogens is 3. The molecule has 3 amide bonds. The molecule has 1 heterocycles. The number of carbonyl (C=O) groups excluding carboxylic acids is 2. The van der Waals surface area contributed by atoms with Crippen LogP contribution in [0.15, 0.2) is 54.6 Å². The maximum Gasteiger partial charge on any atom is 0.573 e. The average molecular weight is 421 g/mol. The largest absolute Gasteiger partial charge is 0.573 e. The quantitative estimate of drug-likeness (QED) is 0.762. The van der Waals surface area contributed by atoms with Crippen LogP contribution in [0, 0.1) is 5.92 Å². The zero-order chi connectivity index (χ0) is 21.6. The fourth-order valence-corrected chi connectivity index (χ4v) is 3.21. The van der Waals surface area contributed by atoms with E-state index in [4.69, 9.17) is 0 Å². The van der Waals surface area contributed by atoms with Gasteiger partial charge in [0.15, 0.2) is 0 Å². The Labute approximate surface area is 172 Å². The molecule has 0 unspecified atom stereocenters. The summed E-state index contributed by atoms with van der Waals surface area (Å²) in [5.74, 6) is -0.522. The van der Waals surface area contributed by atoms with Crippen LogP contribution in [0.3, 0.4) is 0 Å². The van der Waals surface area contributed by atoms with Gasteiger partial charge in [-0.1, -0.05) is 30.3 Å². The van der Waals surface area contributed by atoms with Crippen LogP contribution in [-0.2, 0) is 11.3 Å². The van der Waals surface area contributed by atoms with Gasteiger partial charge >= 0.3 is 12.4 Å². The minimum absolute atomic E-state index is 0.0533. The second-order valence-corrected chi connectivity index (χ2v) is 6.97. The third-order valence-electron chi connectivity index (χ3n) is 4.79. The highest BCUT2D eigenvalue weighted by Crippen LogP contribution is 2.23. The van der Waals surface area contributed by atoms with Gasteiger partial charge < -0.3 is 20.3 Å². The van der Waals surface area contributed by atoms with Crippen LogP contribution in [0.4, 0.5) is 23.7 Å². The molecule has 160 valence electrons. The standard InChI is InChI=1S/C21H22F3N3O3/c22-21(23,24)30-18-8-6-15(7-9-18)14-25-20(29)27-12-10-16(11-13-27)19(28)26-17-4-2-1-3-5-17/h1-9,16H,10-14H2,(H,25,29)(H,26,28). The van der Waals surface area contributed by atoms with E-state index in [-0.39, 0.29) is 30.2 Å². The first-order chi connectivity index (χ1) is 14.3. The van der Waals surface area contributed by atoms with Crippen LogP contribution in [0.2, 0.25) is 0 Å². The van der Waals surface area contributed by atoms with Crippen molar-refractivity contribution in [2.24, 2.45) is 5.92 Å². The molecule has 1 saturated heterocycles. The zero-order valence-corrected chi connectivity index (χ0v) is 16.1. The molecule has 2 aromatic rings. The highest BCUT2D eigenvalue weighted by molar-refractivity contribution is 5.92. The number of carbonyl (C=O) groups is 2. The number of rotatable bonds is 5. The van der Waals surface area contributed by atoms with Gasteiger partial charge in [0.2, 0.25) is 5.91 Å². The summed E-state index contributed by atoms with van der Waals surface area (Å²) in [4.78, 5) is 26.3. The van der Waals surface area contributed by atoms with E-state index in [1.807, 2.05) is 30.3 Å². The number of amides is 3. The minimum Gasteiger partial charge on any atom is -0.406 e. The maximum absolute atomic E-state index is 12.4. The van der Waals surface area contributed by atoms with Gasteiger partial charge in [-0.3, -0.25) is 4.79 Å². The van der Waals surface area contributed by atoms with Crippen molar-refractivity contribution in [2.45, 2.75) is 25.7 Å². The molecule has 0 atom stereocenters. The van der Waals surface area contributed by atoms with E-state index in [0.29, 0.717) is 31.5 Å². The van der Waals surface area contributed by atoms with Crippen LogP contribution >= 0.6 is 0 Å². The van der Waals surface area contributed by atoms with Crippen molar-refractivity contribution in [2.75, 3.05) is 18.4 Å². The number of hydrogen-bond acceptors (Lipinski definition) is 3. The molecule has 0 bridgehead atoms. The van der Waals surface area contributed by atoms with Crippen molar-refractivity contribution >= 4 is 17.6 Å². The number of piperidine rings is 1. The van der Waals surface area contributed by atoms with E-state index >= 15 is 0 Å². The van der Waals surface area contributed by atoms with Gasteiger partial charge in [0.1, 0.15) is 5.75 Å². The lowest BCUT2D eigenvalue weighted by molar-refractivity contribution is -0.274. The summed E-state index contributed by atoms with van der Waals surface area (Å²) in [6.07, 6.45) is -3.61. The number of nitrogens with one attached hydrogen (secondary N) is 2. The SMILES string of the molecule is O=C(Nc1ccccc1)C1CCN(C(=O)NCc2ccc(OC(F)(F)F)cc2)CC1. The van der Waals surface area contributed by atoms with Crippen LogP contribution in [0.5, 0.6) is 5.75 Å². The Bertz CT molecular complexity index is 849. The van der Waals surface area contributed by atoms with Gasteiger partial charge in [0.05, 0.1) is 0 Å². The van der Waals surface area contributed by atoms with Gasteiger partial charge in [-0.2, -0.15) is 0 Å². The van der Waals surface area contributed by atoms with Gasteiger partial charge in [-0.15, -0.1) is 13.2 Å². The molecule has 9 heteroatoms. The average Bonchev–Trinajstić information content (AvgIpc) is 2.73. The molecule has 1 aliphatic heterocycles. The van der Waals surface area contributed by atoms with Gasteiger partial charge in [0.25, 0.3) is 0 Å². The molecule has 0 radical (unpaired) electrons. The number of anilines is 1. The lowest BCUT2D eigenvalue weighted by atomic mass is 9.96. The molecular formula is C21H22F3N3O3. The number of para-hydroxylation sites is 1. The van der Waals surface area contributed by atoms with E-state index in [0.717, 1.165) is 5.69 Å². The summed E-state index contributed by atoms with van der Waals surface area (Å²) in [6.45, 7) is 1.09. The molecule has 0 aromatic heterocycles. The first kappa shape index (κ1) is 21.5. The predicted octanol–water partition coefficient (Wildman–Crippen LogP) is 4.15. The van der Waals surface area contributed by atoms with Crippen molar-refractivity contribution in [3.05, 3.63) is 60.2 Å². The molecular weight excluding hydrogens is 399 g/mol. The van der Waals surface area contributed by atoms with Gasteiger partial charge in [-0.05, 0) is 42.7 Å². The molecule has 0 spiro atoms. The molecule has 2 N–H and O–H groups in total. The number of urea groups is 1. The lowest BCUT2D eigenvalue weighted by Gasteiger charge is -2.31. The second-order valence-electron chi connectivity index (χ2n) is 6.97. The van der Waals surface area contributed by atoms with E-state index in [2.05, 4.69) is 15.4 Å². The summed E-state index contributed by atoms with van der Waals surface area (Å²) in [5, 5.41) is 5.63. The van der Waals surface area contributed by atoms with E-state index < -0.39 is 6.36 Å². The Morgan fingerprint density at radius 3 is 2.23 bits per heavy atom. The Morgan fingerprint density at radius 1 is 1.00 bits per heavy atom. The fraction of sp³-hybridized carbons (Fsp3) is 0.333. The molecule has 3 rings (SSSR count). The van der Waals surface area contributed by atoms with Crippen molar-refractivity contribution in [3.8, 4) is 5.75 Å². The van der Waals surface area contributed by atoms with Crippen LogP contribution in [0.1, 0.15) is 18.4 Å². The van der Waals surface area contributed by atoms with E-state index in [1.165, 1.54) is 24.3 Å².